The van der Waals surface area contributed by atoms with Crippen molar-refractivity contribution in [1.82, 2.24) is 0 Å². The summed E-state index contributed by atoms with van der Waals surface area (Å²) in [4.78, 5) is 11.4. The highest BCUT2D eigenvalue weighted by Crippen LogP contribution is 2.47. The Morgan fingerprint density at radius 3 is 2.47 bits per heavy atom. The van der Waals surface area contributed by atoms with Crippen molar-refractivity contribution in [2.24, 2.45) is 23.2 Å². The Labute approximate surface area is 93.6 Å². The fraction of sp³-hybridized carbons (Fsp3) is 0.929. The van der Waals surface area contributed by atoms with Gasteiger partial charge in [0.25, 0.3) is 0 Å². The molecule has 3 atom stereocenters. The molecule has 0 radical (unpaired) electrons. The van der Waals surface area contributed by atoms with Gasteiger partial charge < -0.3 is 0 Å². The van der Waals surface area contributed by atoms with Gasteiger partial charge in [-0.15, -0.1) is 0 Å². The molecule has 0 aromatic heterocycles. The normalized spacial score (nSPS) is 37.5. The molecule has 0 aromatic rings. The molecule has 0 aromatic carbocycles. The second-order valence-electron chi connectivity index (χ2n) is 6.68. The van der Waals surface area contributed by atoms with Crippen LogP contribution >= 0.6 is 0 Å². The highest BCUT2D eigenvalue weighted by Gasteiger charge is 2.38. The lowest BCUT2D eigenvalue weighted by Gasteiger charge is -2.43. The fourth-order valence-electron chi connectivity index (χ4n) is 3.48. The molecular weight excluding hydrogens is 184 g/mol. The van der Waals surface area contributed by atoms with Gasteiger partial charge in [0.15, 0.2) is 0 Å². The number of hydrogen-bond donors (Lipinski definition) is 0. The summed E-state index contributed by atoms with van der Waals surface area (Å²) in [6.07, 6.45) is 6.95. The van der Waals surface area contributed by atoms with E-state index in [1.165, 1.54) is 25.7 Å². The summed E-state index contributed by atoms with van der Waals surface area (Å²) < 4.78 is 0. The van der Waals surface area contributed by atoms with Crippen LogP contribution in [0.1, 0.15) is 59.3 Å². The first-order valence-electron chi connectivity index (χ1n) is 6.48. The molecule has 0 unspecified atom stereocenters. The van der Waals surface area contributed by atoms with Gasteiger partial charge in [-0.25, -0.2) is 0 Å². The van der Waals surface area contributed by atoms with Crippen molar-refractivity contribution in [2.45, 2.75) is 59.3 Å². The third-order valence-corrected chi connectivity index (χ3v) is 4.65. The minimum absolute atomic E-state index is 0.465. The summed E-state index contributed by atoms with van der Waals surface area (Å²) in [6.45, 7) is 7.10. The SMILES string of the molecule is CC(C)(C)[C@H]1CC[C@@H]2CC(=O)CC[C@@H]2C1. The standard InChI is InChI=1S/C14H24O/c1-14(2,3)12-6-4-11-9-13(15)7-5-10(11)8-12/h10-12H,4-9H2,1-3H3/t10-,11-,12+/m1/s1. The Morgan fingerprint density at radius 1 is 1.07 bits per heavy atom. The van der Waals surface area contributed by atoms with Crippen molar-refractivity contribution in [2.75, 3.05) is 0 Å². The smallest absolute Gasteiger partial charge is 0.133 e. The molecule has 2 aliphatic carbocycles. The zero-order valence-corrected chi connectivity index (χ0v) is 10.4. The lowest BCUT2D eigenvalue weighted by Crippen LogP contribution is -2.35. The Kier molecular flexibility index (Phi) is 2.92. The predicted octanol–water partition coefficient (Wildman–Crippen LogP) is 3.82. The molecule has 1 nitrogen and oxygen atoms in total. The molecule has 15 heavy (non-hydrogen) atoms. The lowest BCUT2D eigenvalue weighted by molar-refractivity contribution is -0.123. The van der Waals surface area contributed by atoms with E-state index in [0.29, 0.717) is 11.2 Å². The van der Waals surface area contributed by atoms with Gasteiger partial charge in [-0.1, -0.05) is 20.8 Å². The summed E-state index contributed by atoms with van der Waals surface area (Å²) in [5.74, 6) is 3.00. The van der Waals surface area contributed by atoms with Crippen molar-refractivity contribution in [3.05, 3.63) is 0 Å². The lowest BCUT2D eigenvalue weighted by atomic mass is 9.62. The molecule has 0 bridgehead atoms. The molecule has 2 saturated carbocycles. The highest BCUT2D eigenvalue weighted by molar-refractivity contribution is 5.79. The van der Waals surface area contributed by atoms with Gasteiger partial charge in [-0.05, 0) is 48.9 Å². The van der Waals surface area contributed by atoms with Crippen molar-refractivity contribution < 1.29 is 4.79 Å². The van der Waals surface area contributed by atoms with E-state index in [0.717, 1.165) is 30.6 Å². The molecule has 0 spiro atoms. The van der Waals surface area contributed by atoms with Crippen LogP contribution in [0.2, 0.25) is 0 Å². The minimum Gasteiger partial charge on any atom is -0.300 e. The van der Waals surface area contributed by atoms with Gasteiger partial charge >= 0.3 is 0 Å². The van der Waals surface area contributed by atoms with Crippen LogP contribution in [-0.4, -0.2) is 5.78 Å². The second-order valence-corrected chi connectivity index (χ2v) is 6.68. The molecule has 2 aliphatic rings. The third-order valence-electron chi connectivity index (χ3n) is 4.65. The predicted molar refractivity (Wildman–Crippen MR) is 62.6 cm³/mol. The van der Waals surface area contributed by atoms with Gasteiger partial charge in [-0.2, -0.15) is 0 Å². The molecule has 2 fully saturated rings. The topological polar surface area (TPSA) is 17.1 Å². The first kappa shape index (κ1) is 11.2. The minimum atomic E-state index is 0.465. The monoisotopic (exact) mass is 208 g/mol. The van der Waals surface area contributed by atoms with Crippen LogP contribution in [0.15, 0.2) is 0 Å². The number of hydrogen-bond acceptors (Lipinski definition) is 1. The summed E-state index contributed by atoms with van der Waals surface area (Å²) >= 11 is 0. The van der Waals surface area contributed by atoms with Crippen molar-refractivity contribution in [1.29, 1.82) is 0 Å². The largest absolute Gasteiger partial charge is 0.300 e. The van der Waals surface area contributed by atoms with E-state index in [-0.39, 0.29) is 0 Å². The number of carbonyl (C=O) groups is 1. The molecule has 0 heterocycles. The Balaban J connectivity index is 1.98. The van der Waals surface area contributed by atoms with Crippen molar-refractivity contribution in [3.63, 3.8) is 0 Å². The van der Waals surface area contributed by atoms with Gasteiger partial charge in [0.2, 0.25) is 0 Å². The van der Waals surface area contributed by atoms with Crippen LogP contribution in [-0.2, 0) is 4.79 Å². The number of ketones is 1. The second kappa shape index (κ2) is 3.92. The maximum atomic E-state index is 11.4. The average Bonchev–Trinajstić information content (AvgIpc) is 2.15. The first-order chi connectivity index (χ1) is 6.97. The molecule has 0 amide bonds. The van der Waals surface area contributed by atoms with E-state index in [9.17, 15) is 4.79 Å². The van der Waals surface area contributed by atoms with Crippen LogP contribution < -0.4 is 0 Å². The van der Waals surface area contributed by atoms with Gasteiger partial charge in [-0.3, -0.25) is 4.79 Å². The quantitative estimate of drug-likeness (QED) is 0.591. The van der Waals surface area contributed by atoms with Crippen LogP contribution in [0.4, 0.5) is 0 Å². The number of Topliss-reactive ketones (excluding diaryl/α,β-unsaturated/α-hetero) is 1. The van der Waals surface area contributed by atoms with Crippen LogP contribution in [0.5, 0.6) is 0 Å². The van der Waals surface area contributed by atoms with Gasteiger partial charge in [0, 0.05) is 12.8 Å². The Hall–Kier alpha value is -0.330. The average molecular weight is 208 g/mol. The van der Waals surface area contributed by atoms with E-state index >= 15 is 0 Å². The van der Waals surface area contributed by atoms with Gasteiger partial charge in [0.05, 0.1) is 0 Å². The summed E-state index contributed by atoms with van der Waals surface area (Å²) in [5, 5.41) is 0. The molecule has 0 N–H and O–H groups in total. The molecular formula is C14H24O. The van der Waals surface area contributed by atoms with Crippen LogP contribution in [0.3, 0.4) is 0 Å². The molecule has 86 valence electrons. The number of carbonyl (C=O) groups excluding carboxylic acids is 1. The maximum Gasteiger partial charge on any atom is 0.133 e. The highest BCUT2D eigenvalue weighted by atomic mass is 16.1. The van der Waals surface area contributed by atoms with E-state index in [1.54, 1.807) is 0 Å². The summed E-state index contributed by atoms with van der Waals surface area (Å²) in [5.41, 5.74) is 0.465. The fourth-order valence-corrected chi connectivity index (χ4v) is 3.48. The van der Waals surface area contributed by atoms with E-state index in [4.69, 9.17) is 0 Å². The zero-order chi connectivity index (χ0) is 11.1. The molecule has 1 heteroatoms. The summed E-state index contributed by atoms with van der Waals surface area (Å²) in [7, 11) is 0. The summed E-state index contributed by atoms with van der Waals surface area (Å²) in [6, 6.07) is 0. The third kappa shape index (κ3) is 2.43. The van der Waals surface area contributed by atoms with Crippen LogP contribution in [0.25, 0.3) is 0 Å². The van der Waals surface area contributed by atoms with Gasteiger partial charge in [0.1, 0.15) is 5.78 Å². The molecule has 0 saturated heterocycles. The van der Waals surface area contributed by atoms with E-state index in [1.807, 2.05) is 0 Å². The number of fused-ring (bicyclic) bond motifs is 1. The zero-order valence-electron chi connectivity index (χ0n) is 10.4. The Morgan fingerprint density at radius 2 is 1.80 bits per heavy atom. The first-order valence-corrected chi connectivity index (χ1v) is 6.48. The number of rotatable bonds is 0. The van der Waals surface area contributed by atoms with Crippen molar-refractivity contribution in [3.8, 4) is 0 Å². The maximum absolute atomic E-state index is 11.4. The van der Waals surface area contributed by atoms with Crippen LogP contribution in [0, 0.1) is 23.2 Å². The molecule has 2 rings (SSSR count). The van der Waals surface area contributed by atoms with Crippen molar-refractivity contribution >= 4 is 5.78 Å². The Bertz CT molecular complexity index is 249. The van der Waals surface area contributed by atoms with E-state index < -0.39 is 0 Å². The van der Waals surface area contributed by atoms with E-state index in [2.05, 4.69) is 20.8 Å². The molecule has 0 aliphatic heterocycles.